The molecule has 0 saturated carbocycles. The van der Waals surface area contributed by atoms with Crippen molar-refractivity contribution in [3.63, 3.8) is 0 Å². The van der Waals surface area contributed by atoms with Crippen molar-refractivity contribution in [1.82, 2.24) is 0 Å². The van der Waals surface area contributed by atoms with Crippen LogP contribution >= 0.6 is 0 Å². The van der Waals surface area contributed by atoms with Crippen molar-refractivity contribution >= 4 is 11.6 Å². The number of rotatable bonds is 3. The first-order valence-corrected chi connectivity index (χ1v) is 6.10. The zero-order valence-corrected chi connectivity index (χ0v) is 11.4. The van der Waals surface area contributed by atoms with Crippen molar-refractivity contribution in [1.29, 1.82) is 0 Å². The van der Waals surface area contributed by atoms with Gasteiger partial charge in [0.1, 0.15) is 5.82 Å². The van der Waals surface area contributed by atoms with E-state index >= 15 is 0 Å². The van der Waals surface area contributed by atoms with E-state index in [0.717, 1.165) is 0 Å². The van der Waals surface area contributed by atoms with Gasteiger partial charge in [0.25, 0.3) is 0 Å². The zero-order valence-electron chi connectivity index (χ0n) is 11.4. The molecule has 0 saturated heterocycles. The Morgan fingerprint density at radius 2 is 2.06 bits per heavy atom. The Balaban J connectivity index is 3.01. The molecule has 1 aromatic rings. The third-order valence-corrected chi connectivity index (χ3v) is 2.90. The lowest BCUT2D eigenvalue weighted by atomic mass is 9.86. The molecule has 0 aliphatic heterocycles. The molecular formula is C14H21FN2O. The minimum absolute atomic E-state index is 0.185. The van der Waals surface area contributed by atoms with E-state index in [0.29, 0.717) is 12.2 Å². The average molecular weight is 252 g/mol. The Morgan fingerprint density at radius 1 is 1.44 bits per heavy atom. The van der Waals surface area contributed by atoms with E-state index in [2.05, 4.69) is 0 Å². The Morgan fingerprint density at radius 3 is 2.50 bits per heavy atom. The highest BCUT2D eigenvalue weighted by atomic mass is 19.1. The van der Waals surface area contributed by atoms with Gasteiger partial charge in [0, 0.05) is 12.2 Å². The number of nitrogens with two attached hydrogens (primary N) is 1. The van der Waals surface area contributed by atoms with Crippen molar-refractivity contribution in [3.8, 4) is 0 Å². The van der Waals surface area contributed by atoms with Gasteiger partial charge in [-0.25, -0.2) is 4.39 Å². The van der Waals surface area contributed by atoms with Crippen molar-refractivity contribution in [2.45, 2.75) is 33.7 Å². The molecule has 0 heterocycles. The molecule has 0 aliphatic rings. The lowest BCUT2D eigenvalue weighted by molar-refractivity contribution is -0.121. The van der Waals surface area contributed by atoms with E-state index in [9.17, 15) is 9.18 Å². The zero-order chi connectivity index (χ0) is 13.9. The maximum Gasteiger partial charge on any atom is 0.244 e. The standard InChI is InChI=1S/C14H21FN2O/c1-5-17(11-8-6-7-10(15)9-11)13(18)12(16)14(2,3)4/h6-9,12H,5,16H2,1-4H3. The quantitative estimate of drug-likeness (QED) is 0.898. The minimum Gasteiger partial charge on any atom is -0.319 e. The summed E-state index contributed by atoms with van der Waals surface area (Å²) in [5.41, 5.74) is 6.18. The molecule has 0 fully saturated rings. The first kappa shape index (κ1) is 14.6. The van der Waals surface area contributed by atoms with Crippen LogP contribution in [0.1, 0.15) is 27.7 Å². The van der Waals surface area contributed by atoms with Crippen molar-refractivity contribution < 1.29 is 9.18 Å². The summed E-state index contributed by atoms with van der Waals surface area (Å²) >= 11 is 0. The number of amides is 1. The van der Waals surface area contributed by atoms with Gasteiger partial charge in [0.15, 0.2) is 0 Å². The molecule has 0 spiro atoms. The smallest absolute Gasteiger partial charge is 0.244 e. The molecule has 0 radical (unpaired) electrons. The van der Waals surface area contributed by atoms with Crippen LogP contribution in [0.15, 0.2) is 24.3 Å². The number of halogens is 1. The predicted octanol–water partition coefficient (Wildman–Crippen LogP) is 2.55. The Kier molecular flexibility index (Phi) is 4.46. The summed E-state index contributed by atoms with van der Waals surface area (Å²) in [6, 6.07) is 5.38. The number of carbonyl (C=O) groups is 1. The lowest BCUT2D eigenvalue weighted by Gasteiger charge is -2.31. The topological polar surface area (TPSA) is 46.3 Å². The first-order valence-electron chi connectivity index (χ1n) is 6.10. The number of anilines is 1. The molecule has 3 nitrogen and oxygen atoms in total. The molecule has 2 N–H and O–H groups in total. The van der Waals surface area contributed by atoms with E-state index in [4.69, 9.17) is 5.73 Å². The van der Waals surface area contributed by atoms with Gasteiger partial charge in [-0.2, -0.15) is 0 Å². The largest absolute Gasteiger partial charge is 0.319 e. The monoisotopic (exact) mass is 252 g/mol. The van der Waals surface area contributed by atoms with E-state index in [1.54, 1.807) is 12.1 Å². The van der Waals surface area contributed by atoms with E-state index in [-0.39, 0.29) is 17.1 Å². The number of carbonyl (C=O) groups excluding carboxylic acids is 1. The molecule has 4 heteroatoms. The fraction of sp³-hybridized carbons (Fsp3) is 0.500. The summed E-state index contributed by atoms with van der Waals surface area (Å²) in [7, 11) is 0. The van der Waals surface area contributed by atoms with Gasteiger partial charge >= 0.3 is 0 Å². The SMILES string of the molecule is CCN(C(=O)C(N)C(C)(C)C)c1cccc(F)c1. The molecule has 0 aromatic heterocycles. The third kappa shape index (κ3) is 3.29. The molecule has 1 unspecified atom stereocenters. The number of benzene rings is 1. The molecular weight excluding hydrogens is 231 g/mol. The van der Waals surface area contributed by atoms with E-state index in [1.165, 1.54) is 17.0 Å². The van der Waals surface area contributed by atoms with Crippen LogP contribution in [0.5, 0.6) is 0 Å². The fourth-order valence-electron chi connectivity index (χ4n) is 1.65. The van der Waals surface area contributed by atoms with Gasteiger partial charge in [-0.05, 0) is 30.5 Å². The summed E-state index contributed by atoms with van der Waals surface area (Å²) in [4.78, 5) is 13.8. The molecule has 18 heavy (non-hydrogen) atoms. The highest BCUT2D eigenvalue weighted by Gasteiger charge is 2.31. The number of likely N-dealkylation sites (N-methyl/N-ethyl adjacent to an activating group) is 1. The van der Waals surface area contributed by atoms with Crippen LogP contribution in [-0.4, -0.2) is 18.5 Å². The summed E-state index contributed by atoms with van der Waals surface area (Å²) < 4.78 is 13.2. The van der Waals surface area contributed by atoms with Crippen LogP contribution in [0.2, 0.25) is 0 Å². The van der Waals surface area contributed by atoms with Crippen LogP contribution in [0.25, 0.3) is 0 Å². The van der Waals surface area contributed by atoms with Crippen molar-refractivity contribution in [3.05, 3.63) is 30.1 Å². The maximum atomic E-state index is 13.2. The highest BCUT2D eigenvalue weighted by molar-refractivity contribution is 5.97. The molecule has 1 aromatic carbocycles. The minimum atomic E-state index is -0.610. The van der Waals surface area contributed by atoms with Crippen LogP contribution in [-0.2, 0) is 4.79 Å². The summed E-state index contributed by atoms with van der Waals surface area (Å²) in [5.74, 6) is -0.543. The second kappa shape index (κ2) is 5.48. The average Bonchev–Trinajstić information content (AvgIpc) is 2.27. The number of hydrogen-bond acceptors (Lipinski definition) is 2. The summed E-state index contributed by atoms with van der Waals surface area (Å²) in [6.07, 6.45) is 0. The second-order valence-corrected chi connectivity index (χ2v) is 5.41. The van der Waals surface area contributed by atoms with E-state index < -0.39 is 6.04 Å². The van der Waals surface area contributed by atoms with Gasteiger partial charge in [-0.1, -0.05) is 26.8 Å². The molecule has 1 amide bonds. The Bertz CT molecular complexity index is 426. The van der Waals surface area contributed by atoms with Crippen LogP contribution in [0.3, 0.4) is 0 Å². The Labute approximate surface area is 108 Å². The van der Waals surface area contributed by atoms with Gasteiger partial charge in [0.2, 0.25) is 5.91 Å². The maximum absolute atomic E-state index is 13.2. The Hall–Kier alpha value is -1.42. The summed E-state index contributed by atoms with van der Waals surface area (Å²) in [6.45, 7) is 8.04. The molecule has 0 aliphatic carbocycles. The van der Waals surface area contributed by atoms with Crippen LogP contribution in [0, 0.1) is 11.2 Å². The van der Waals surface area contributed by atoms with Crippen LogP contribution < -0.4 is 10.6 Å². The molecule has 1 atom stereocenters. The van der Waals surface area contributed by atoms with Gasteiger partial charge in [0.05, 0.1) is 6.04 Å². The van der Waals surface area contributed by atoms with Gasteiger partial charge in [-0.15, -0.1) is 0 Å². The van der Waals surface area contributed by atoms with E-state index in [1.807, 2.05) is 27.7 Å². The van der Waals surface area contributed by atoms with Gasteiger partial charge in [-0.3, -0.25) is 4.79 Å². The third-order valence-electron chi connectivity index (χ3n) is 2.90. The van der Waals surface area contributed by atoms with Crippen LogP contribution in [0.4, 0.5) is 10.1 Å². The molecule has 0 bridgehead atoms. The molecule has 100 valence electrons. The second-order valence-electron chi connectivity index (χ2n) is 5.41. The van der Waals surface area contributed by atoms with Crippen molar-refractivity contribution in [2.24, 2.45) is 11.1 Å². The fourth-order valence-corrected chi connectivity index (χ4v) is 1.65. The lowest BCUT2D eigenvalue weighted by Crippen LogP contribution is -2.50. The number of hydrogen-bond donors (Lipinski definition) is 1. The first-order chi connectivity index (χ1) is 8.27. The predicted molar refractivity (Wildman–Crippen MR) is 71.9 cm³/mol. The van der Waals surface area contributed by atoms with Crippen molar-refractivity contribution in [2.75, 3.05) is 11.4 Å². The van der Waals surface area contributed by atoms with Gasteiger partial charge < -0.3 is 10.6 Å². The normalized spacial score (nSPS) is 13.2. The number of nitrogens with zero attached hydrogens (tertiary/aromatic N) is 1. The molecule has 1 rings (SSSR count). The summed E-state index contributed by atoms with van der Waals surface area (Å²) in [5, 5.41) is 0. The highest BCUT2D eigenvalue weighted by Crippen LogP contribution is 2.22.